The number of ether oxygens (including phenoxy) is 1. The van der Waals surface area contributed by atoms with E-state index in [2.05, 4.69) is 6.58 Å². The summed E-state index contributed by atoms with van der Waals surface area (Å²) in [5.41, 5.74) is 1.82. The Morgan fingerprint density at radius 1 is 0.957 bits per heavy atom. The van der Waals surface area contributed by atoms with E-state index >= 15 is 0 Å². The zero-order valence-electron chi connectivity index (χ0n) is 12.6. The molecule has 3 rings (SSSR count). The third-order valence-corrected chi connectivity index (χ3v) is 3.62. The van der Waals surface area contributed by atoms with Crippen LogP contribution in [-0.4, -0.2) is 24.1 Å². The molecule has 0 atom stereocenters. The lowest BCUT2D eigenvalue weighted by molar-refractivity contribution is 0.0537. The number of carbonyl (C=O) groups excluding carboxylic acids is 3. The highest BCUT2D eigenvalue weighted by molar-refractivity contribution is 6.30. The highest BCUT2D eigenvalue weighted by Gasteiger charge is 2.33. The molecule has 23 heavy (non-hydrogen) atoms. The number of ketones is 2. The van der Waals surface area contributed by atoms with E-state index in [0.717, 1.165) is 0 Å². The van der Waals surface area contributed by atoms with Gasteiger partial charge in [-0.1, -0.05) is 43.0 Å². The predicted octanol–water partition coefficient (Wildman–Crippen LogP) is 3.19. The molecule has 1 aliphatic rings. The molecule has 0 fully saturated rings. The summed E-state index contributed by atoms with van der Waals surface area (Å²) in [4.78, 5) is 37.6. The summed E-state index contributed by atoms with van der Waals surface area (Å²) in [5, 5.41) is 0. The number of hydrogen-bond donors (Lipinski definition) is 0. The van der Waals surface area contributed by atoms with Crippen molar-refractivity contribution in [3.05, 3.63) is 82.4 Å². The van der Waals surface area contributed by atoms with Gasteiger partial charge in [-0.15, -0.1) is 0 Å². The molecule has 114 valence electrons. The lowest BCUT2D eigenvalue weighted by Crippen LogP contribution is -2.24. The molecule has 0 amide bonds. The molecule has 4 heteroatoms. The highest BCUT2D eigenvalue weighted by Crippen LogP contribution is 2.29. The molecule has 0 saturated carbocycles. The Bertz CT molecular complexity index is 861. The van der Waals surface area contributed by atoms with Crippen LogP contribution < -0.4 is 0 Å². The van der Waals surface area contributed by atoms with Gasteiger partial charge < -0.3 is 4.74 Å². The molecule has 0 saturated heterocycles. The van der Waals surface area contributed by atoms with Crippen LogP contribution in [-0.2, 0) is 4.74 Å². The van der Waals surface area contributed by atoms with E-state index in [1.54, 1.807) is 43.3 Å². The van der Waals surface area contributed by atoms with E-state index in [9.17, 15) is 14.4 Å². The number of esters is 1. The molecule has 1 aliphatic carbocycles. The molecule has 0 aliphatic heterocycles. The summed E-state index contributed by atoms with van der Waals surface area (Å²) >= 11 is 0. The maximum Gasteiger partial charge on any atom is 0.339 e. The maximum absolute atomic E-state index is 12.7. The molecule has 0 bridgehead atoms. The Balaban J connectivity index is 2.11. The van der Waals surface area contributed by atoms with Gasteiger partial charge >= 0.3 is 5.97 Å². The largest absolute Gasteiger partial charge is 0.458 e. The van der Waals surface area contributed by atoms with Gasteiger partial charge in [0, 0.05) is 22.3 Å². The van der Waals surface area contributed by atoms with Gasteiger partial charge in [0.2, 0.25) is 0 Å². The maximum atomic E-state index is 12.7. The van der Waals surface area contributed by atoms with Gasteiger partial charge in [-0.3, -0.25) is 9.59 Å². The standard InChI is InChI=1S/C19H14O4/c1-11(2)10-23-19(22)15-9-5-8-14-16(15)18(21)13-7-4-3-6-12(13)17(14)20/h3-9H,1,10H2,2H3. The monoisotopic (exact) mass is 306 g/mol. The number of carbonyl (C=O) groups is 3. The zero-order chi connectivity index (χ0) is 16.6. The number of benzene rings is 2. The topological polar surface area (TPSA) is 60.4 Å². The van der Waals surface area contributed by atoms with E-state index in [0.29, 0.717) is 16.7 Å². The van der Waals surface area contributed by atoms with E-state index in [4.69, 9.17) is 4.74 Å². The lowest BCUT2D eigenvalue weighted by Gasteiger charge is -2.19. The predicted molar refractivity (Wildman–Crippen MR) is 84.8 cm³/mol. The van der Waals surface area contributed by atoms with Crippen LogP contribution in [0.4, 0.5) is 0 Å². The SMILES string of the molecule is C=C(C)COC(=O)c1cccc2c1C(=O)c1ccccc1C2=O. The Hall–Kier alpha value is -3.01. The Morgan fingerprint density at radius 3 is 2.22 bits per heavy atom. The molecule has 0 aromatic heterocycles. The molecular weight excluding hydrogens is 292 g/mol. The molecule has 0 heterocycles. The van der Waals surface area contributed by atoms with E-state index in [-0.39, 0.29) is 34.9 Å². The van der Waals surface area contributed by atoms with Crippen LogP contribution in [0.15, 0.2) is 54.6 Å². The van der Waals surface area contributed by atoms with Crippen LogP contribution >= 0.6 is 0 Å². The fraction of sp³-hybridized carbons (Fsp3) is 0.105. The second kappa shape index (κ2) is 5.65. The van der Waals surface area contributed by atoms with Gasteiger partial charge in [0.05, 0.1) is 5.56 Å². The van der Waals surface area contributed by atoms with Crippen molar-refractivity contribution >= 4 is 17.5 Å². The quantitative estimate of drug-likeness (QED) is 0.551. The van der Waals surface area contributed by atoms with Crippen LogP contribution in [0.25, 0.3) is 0 Å². The van der Waals surface area contributed by atoms with Gasteiger partial charge in [-0.05, 0) is 18.6 Å². The van der Waals surface area contributed by atoms with Gasteiger partial charge in [0.1, 0.15) is 6.61 Å². The smallest absolute Gasteiger partial charge is 0.339 e. The highest BCUT2D eigenvalue weighted by atomic mass is 16.5. The lowest BCUT2D eigenvalue weighted by atomic mass is 9.82. The minimum absolute atomic E-state index is 0.0707. The van der Waals surface area contributed by atoms with Crippen molar-refractivity contribution in [3.8, 4) is 0 Å². The average Bonchev–Trinajstić information content (AvgIpc) is 2.57. The third-order valence-electron chi connectivity index (χ3n) is 3.62. The van der Waals surface area contributed by atoms with Crippen molar-refractivity contribution in [2.75, 3.05) is 6.61 Å². The van der Waals surface area contributed by atoms with Crippen LogP contribution in [0, 0.1) is 0 Å². The second-order valence-electron chi connectivity index (χ2n) is 5.47. The van der Waals surface area contributed by atoms with Crippen molar-refractivity contribution in [3.63, 3.8) is 0 Å². The summed E-state index contributed by atoms with van der Waals surface area (Å²) in [5.74, 6) is -1.23. The average molecular weight is 306 g/mol. The fourth-order valence-electron chi connectivity index (χ4n) is 2.58. The van der Waals surface area contributed by atoms with E-state index in [1.807, 2.05) is 0 Å². The summed E-state index contributed by atoms with van der Waals surface area (Å²) in [6.45, 7) is 5.47. The summed E-state index contributed by atoms with van der Waals surface area (Å²) < 4.78 is 5.13. The van der Waals surface area contributed by atoms with Crippen LogP contribution in [0.1, 0.15) is 49.1 Å². The molecule has 4 nitrogen and oxygen atoms in total. The van der Waals surface area contributed by atoms with Crippen LogP contribution in [0.2, 0.25) is 0 Å². The normalized spacial score (nSPS) is 12.4. The number of hydrogen-bond acceptors (Lipinski definition) is 4. The van der Waals surface area contributed by atoms with Crippen molar-refractivity contribution in [1.82, 2.24) is 0 Å². The molecule has 2 aromatic carbocycles. The first-order valence-electron chi connectivity index (χ1n) is 7.13. The van der Waals surface area contributed by atoms with Crippen LogP contribution in [0.5, 0.6) is 0 Å². The van der Waals surface area contributed by atoms with Gasteiger partial charge in [-0.25, -0.2) is 4.79 Å². The van der Waals surface area contributed by atoms with E-state index in [1.165, 1.54) is 6.07 Å². The first kappa shape index (κ1) is 14.9. The third kappa shape index (κ3) is 2.48. The minimum Gasteiger partial charge on any atom is -0.458 e. The second-order valence-corrected chi connectivity index (χ2v) is 5.47. The summed E-state index contributed by atoms with van der Waals surface area (Å²) in [7, 11) is 0. The van der Waals surface area contributed by atoms with Crippen LogP contribution in [0.3, 0.4) is 0 Å². The van der Waals surface area contributed by atoms with Crippen molar-refractivity contribution in [1.29, 1.82) is 0 Å². The molecule has 0 radical (unpaired) electrons. The van der Waals surface area contributed by atoms with Crippen molar-refractivity contribution in [2.24, 2.45) is 0 Å². The summed E-state index contributed by atoms with van der Waals surface area (Å²) in [6, 6.07) is 11.2. The first-order chi connectivity index (χ1) is 11.0. The Labute approximate surface area is 133 Å². The summed E-state index contributed by atoms with van der Waals surface area (Å²) in [6.07, 6.45) is 0. The molecule has 2 aromatic rings. The number of fused-ring (bicyclic) bond motifs is 2. The molecule has 0 unspecified atom stereocenters. The van der Waals surface area contributed by atoms with Gasteiger partial charge in [0.15, 0.2) is 11.6 Å². The van der Waals surface area contributed by atoms with Crippen molar-refractivity contribution < 1.29 is 19.1 Å². The van der Waals surface area contributed by atoms with E-state index < -0.39 is 5.97 Å². The van der Waals surface area contributed by atoms with Crippen molar-refractivity contribution in [2.45, 2.75) is 6.92 Å². The van der Waals surface area contributed by atoms with Gasteiger partial charge in [-0.2, -0.15) is 0 Å². The minimum atomic E-state index is -0.634. The molecular formula is C19H14O4. The molecule has 0 N–H and O–H groups in total. The molecule has 0 spiro atoms. The van der Waals surface area contributed by atoms with Gasteiger partial charge in [0.25, 0.3) is 0 Å². The first-order valence-corrected chi connectivity index (χ1v) is 7.13. The number of rotatable bonds is 3. The Kier molecular flexibility index (Phi) is 3.66. The zero-order valence-corrected chi connectivity index (χ0v) is 12.6. The fourth-order valence-corrected chi connectivity index (χ4v) is 2.58. The Morgan fingerprint density at radius 2 is 1.57 bits per heavy atom.